The van der Waals surface area contributed by atoms with Gasteiger partial charge in [0.25, 0.3) is 5.91 Å². The van der Waals surface area contributed by atoms with E-state index in [1.165, 1.54) is 23.1 Å². The predicted octanol–water partition coefficient (Wildman–Crippen LogP) is 2.56. The van der Waals surface area contributed by atoms with Gasteiger partial charge in [0.2, 0.25) is 0 Å². The molecule has 160 valence electrons. The Hall–Kier alpha value is -3.13. The normalized spacial score (nSPS) is 13.9. The number of carbonyl (C=O) groups excluding carboxylic acids is 2. The maximum atomic E-state index is 14.4. The van der Waals surface area contributed by atoms with Crippen molar-refractivity contribution in [2.75, 3.05) is 46.8 Å². The number of rotatable bonds is 5. The fourth-order valence-corrected chi connectivity index (χ4v) is 3.31. The van der Waals surface area contributed by atoms with Crippen molar-refractivity contribution in [1.82, 2.24) is 14.7 Å². The van der Waals surface area contributed by atoms with Gasteiger partial charge in [-0.05, 0) is 48.9 Å². The van der Waals surface area contributed by atoms with E-state index < -0.39 is 11.7 Å². The first-order valence-electron chi connectivity index (χ1n) is 9.91. The van der Waals surface area contributed by atoms with Crippen molar-refractivity contribution in [3.8, 4) is 11.5 Å². The Balaban J connectivity index is 1.67. The Kier molecular flexibility index (Phi) is 6.89. The molecule has 1 aliphatic rings. The number of hydrogen-bond donors (Lipinski definition) is 1. The molecule has 3 rings (SSSR count). The van der Waals surface area contributed by atoms with Crippen LogP contribution < -0.4 is 10.5 Å². The van der Waals surface area contributed by atoms with Crippen LogP contribution in [0.2, 0.25) is 0 Å². The molecule has 7 nitrogen and oxygen atoms in total. The van der Waals surface area contributed by atoms with E-state index in [1.807, 2.05) is 24.3 Å². The Labute approximate surface area is 175 Å². The van der Waals surface area contributed by atoms with Crippen LogP contribution >= 0.6 is 0 Å². The Morgan fingerprint density at radius 2 is 1.60 bits per heavy atom. The van der Waals surface area contributed by atoms with Gasteiger partial charge in [0.15, 0.2) is 0 Å². The highest BCUT2D eigenvalue weighted by atomic mass is 19.1. The zero-order valence-electron chi connectivity index (χ0n) is 17.3. The van der Waals surface area contributed by atoms with Crippen molar-refractivity contribution < 1.29 is 18.7 Å². The largest absolute Gasteiger partial charge is 0.457 e. The van der Waals surface area contributed by atoms with Crippen LogP contribution in [0.3, 0.4) is 0 Å². The molecule has 0 atom stereocenters. The summed E-state index contributed by atoms with van der Waals surface area (Å²) in [4.78, 5) is 29.6. The second kappa shape index (κ2) is 9.58. The Morgan fingerprint density at radius 1 is 1.00 bits per heavy atom. The molecule has 1 saturated heterocycles. The van der Waals surface area contributed by atoms with Crippen LogP contribution in [0.4, 0.5) is 9.18 Å². The minimum Gasteiger partial charge on any atom is -0.457 e. The van der Waals surface area contributed by atoms with Crippen molar-refractivity contribution in [2.24, 2.45) is 5.73 Å². The van der Waals surface area contributed by atoms with Gasteiger partial charge >= 0.3 is 6.03 Å². The summed E-state index contributed by atoms with van der Waals surface area (Å²) >= 11 is 0. The summed E-state index contributed by atoms with van der Waals surface area (Å²) in [6, 6.07) is 11.5. The lowest BCUT2D eigenvalue weighted by Gasteiger charge is -2.36. The van der Waals surface area contributed by atoms with Gasteiger partial charge in [-0.1, -0.05) is 12.1 Å². The summed E-state index contributed by atoms with van der Waals surface area (Å²) in [5.74, 6) is -0.0324. The number of urea groups is 1. The predicted molar refractivity (Wildman–Crippen MR) is 112 cm³/mol. The standard InChI is InChI=1S/C22H27FN4O3/c1-25(2)22(29)27-13-11-26(12-14-27)21(28)19-15-18(7-8-20(19)23)30-17-5-3-16(4-6-17)9-10-24/h3-8,15H,9-14,24H2,1-2H3. The summed E-state index contributed by atoms with van der Waals surface area (Å²) in [6.45, 7) is 2.10. The lowest BCUT2D eigenvalue weighted by atomic mass is 10.1. The molecule has 2 aromatic carbocycles. The number of benzene rings is 2. The molecule has 0 bridgehead atoms. The first kappa shape index (κ1) is 21.6. The van der Waals surface area contributed by atoms with E-state index in [-0.39, 0.29) is 11.6 Å². The van der Waals surface area contributed by atoms with E-state index in [0.29, 0.717) is 44.2 Å². The molecular formula is C22H27FN4O3. The number of carbonyl (C=O) groups is 2. The molecule has 0 aliphatic carbocycles. The molecular weight excluding hydrogens is 387 g/mol. The van der Waals surface area contributed by atoms with Gasteiger partial charge in [0.1, 0.15) is 17.3 Å². The van der Waals surface area contributed by atoms with Crippen molar-refractivity contribution >= 4 is 11.9 Å². The van der Waals surface area contributed by atoms with Crippen LogP contribution in [0.15, 0.2) is 42.5 Å². The van der Waals surface area contributed by atoms with Crippen LogP contribution in [-0.4, -0.2) is 73.5 Å². The van der Waals surface area contributed by atoms with E-state index in [9.17, 15) is 14.0 Å². The maximum Gasteiger partial charge on any atom is 0.319 e. The van der Waals surface area contributed by atoms with Crippen molar-refractivity contribution in [3.63, 3.8) is 0 Å². The minimum atomic E-state index is -0.600. The molecule has 1 fully saturated rings. The number of halogens is 1. The summed E-state index contributed by atoms with van der Waals surface area (Å²) in [6.07, 6.45) is 0.781. The molecule has 2 N–H and O–H groups in total. The molecule has 0 radical (unpaired) electrons. The molecule has 3 amide bonds. The van der Waals surface area contributed by atoms with Gasteiger partial charge in [-0.2, -0.15) is 0 Å². The number of hydrogen-bond acceptors (Lipinski definition) is 4. The van der Waals surface area contributed by atoms with Gasteiger partial charge in [0.05, 0.1) is 5.56 Å². The molecule has 8 heteroatoms. The summed E-state index contributed by atoms with van der Waals surface area (Å²) in [7, 11) is 3.37. The number of ether oxygens (including phenoxy) is 1. The fourth-order valence-electron chi connectivity index (χ4n) is 3.31. The average molecular weight is 414 g/mol. The fraction of sp³-hybridized carbons (Fsp3) is 0.364. The van der Waals surface area contributed by atoms with Crippen molar-refractivity contribution in [2.45, 2.75) is 6.42 Å². The highest BCUT2D eigenvalue weighted by Gasteiger charge is 2.27. The van der Waals surface area contributed by atoms with Crippen LogP contribution in [0.5, 0.6) is 11.5 Å². The van der Waals surface area contributed by atoms with Gasteiger partial charge in [-0.25, -0.2) is 9.18 Å². The Morgan fingerprint density at radius 3 is 2.20 bits per heavy atom. The first-order chi connectivity index (χ1) is 14.4. The lowest BCUT2D eigenvalue weighted by molar-refractivity contribution is 0.0645. The van der Waals surface area contributed by atoms with E-state index in [4.69, 9.17) is 10.5 Å². The Bertz CT molecular complexity index is 894. The van der Waals surface area contributed by atoms with E-state index in [0.717, 1.165) is 12.0 Å². The van der Waals surface area contributed by atoms with E-state index in [1.54, 1.807) is 23.9 Å². The number of amides is 3. The third kappa shape index (κ3) is 5.07. The molecule has 0 unspecified atom stereocenters. The molecule has 0 saturated carbocycles. The SMILES string of the molecule is CN(C)C(=O)N1CCN(C(=O)c2cc(Oc3ccc(CCN)cc3)ccc2F)CC1. The molecule has 1 heterocycles. The van der Waals surface area contributed by atoms with E-state index >= 15 is 0 Å². The number of nitrogens with zero attached hydrogens (tertiary/aromatic N) is 3. The quantitative estimate of drug-likeness (QED) is 0.816. The van der Waals surface area contributed by atoms with Crippen LogP contribution in [0.25, 0.3) is 0 Å². The summed E-state index contributed by atoms with van der Waals surface area (Å²) < 4.78 is 20.2. The monoisotopic (exact) mass is 414 g/mol. The maximum absolute atomic E-state index is 14.4. The third-order valence-electron chi connectivity index (χ3n) is 4.98. The highest BCUT2D eigenvalue weighted by Crippen LogP contribution is 2.25. The molecule has 0 spiro atoms. The second-order valence-electron chi connectivity index (χ2n) is 7.38. The van der Waals surface area contributed by atoms with E-state index in [2.05, 4.69) is 0 Å². The lowest BCUT2D eigenvalue weighted by Crippen LogP contribution is -2.53. The zero-order valence-corrected chi connectivity index (χ0v) is 17.3. The van der Waals surface area contributed by atoms with Crippen LogP contribution in [-0.2, 0) is 6.42 Å². The van der Waals surface area contributed by atoms with Crippen molar-refractivity contribution in [3.05, 3.63) is 59.4 Å². The molecule has 0 aromatic heterocycles. The molecule has 1 aliphatic heterocycles. The third-order valence-corrected chi connectivity index (χ3v) is 4.98. The first-order valence-corrected chi connectivity index (χ1v) is 9.91. The van der Waals surface area contributed by atoms with Gasteiger partial charge in [-0.15, -0.1) is 0 Å². The van der Waals surface area contributed by atoms with Crippen LogP contribution in [0.1, 0.15) is 15.9 Å². The molecule has 30 heavy (non-hydrogen) atoms. The minimum absolute atomic E-state index is 0.0420. The smallest absolute Gasteiger partial charge is 0.319 e. The topological polar surface area (TPSA) is 79.1 Å². The van der Waals surface area contributed by atoms with Gasteiger partial charge in [-0.3, -0.25) is 4.79 Å². The van der Waals surface area contributed by atoms with Gasteiger partial charge < -0.3 is 25.2 Å². The average Bonchev–Trinajstić information content (AvgIpc) is 2.75. The number of nitrogens with two attached hydrogens (primary N) is 1. The van der Waals surface area contributed by atoms with Gasteiger partial charge in [0, 0.05) is 40.3 Å². The van der Waals surface area contributed by atoms with Crippen LogP contribution in [0, 0.1) is 5.82 Å². The summed E-state index contributed by atoms with van der Waals surface area (Å²) in [5, 5.41) is 0. The zero-order chi connectivity index (χ0) is 21.7. The number of piperazine rings is 1. The summed E-state index contributed by atoms with van der Waals surface area (Å²) in [5.41, 5.74) is 6.62. The van der Waals surface area contributed by atoms with Crippen molar-refractivity contribution in [1.29, 1.82) is 0 Å². The highest BCUT2D eigenvalue weighted by molar-refractivity contribution is 5.95. The second-order valence-corrected chi connectivity index (χ2v) is 7.38. The molecule has 2 aromatic rings.